The van der Waals surface area contributed by atoms with Crippen LogP contribution in [0.4, 0.5) is 0 Å². The molecule has 0 unspecified atom stereocenters. The zero-order valence-electron chi connectivity index (χ0n) is 15.9. The molecule has 1 aromatic carbocycles. The van der Waals surface area contributed by atoms with Gasteiger partial charge in [0.2, 0.25) is 0 Å². The Morgan fingerprint density at radius 1 is 1.29 bits per heavy atom. The van der Waals surface area contributed by atoms with Gasteiger partial charge >= 0.3 is 0 Å². The number of fused-ring (bicyclic) bond motifs is 1. The van der Waals surface area contributed by atoms with E-state index in [1.54, 1.807) is 12.4 Å². The SMILES string of the molecule is CCOc1ccccc1C(=O)N1CC[C@H](c2nn(CCN)c3nccnc23)C1. The molecule has 2 aromatic heterocycles. The van der Waals surface area contributed by atoms with Gasteiger partial charge in [0.1, 0.15) is 11.3 Å². The molecule has 1 aliphatic rings. The molecule has 0 spiro atoms. The number of hydrogen-bond acceptors (Lipinski definition) is 6. The number of amides is 1. The number of ether oxygens (including phenoxy) is 1. The van der Waals surface area contributed by atoms with Crippen LogP contribution < -0.4 is 10.5 Å². The van der Waals surface area contributed by atoms with Crippen LogP contribution in [0.3, 0.4) is 0 Å². The Bertz CT molecular complexity index is 986. The number of hydrogen-bond donors (Lipinski definition) is 1. The molecule has 146 valence electrons. The van der Waals surface area contributed by atoms with Crippen molar-refractivity contribution in [3.8, 4) is 5.75 Å². The first kappa shape index (κ1) is 18.4. The number of benzene rings is 1. The number of rotatable bonds is 6. The molecular weight excluding hydrogens is 356 g/mol. The van der Waals surface area contributed by atoms with Crippen molar-refractivity contribution in [1.29, 1.82) is 0 Å². The third-order valence-electron chi connectivity index (χ3n) is 5.01. The highest BCUT2D eigenvalue weighted by Crippen LogP contribution is 2.32. The highest BCUT2D eigenvalue weighted by atomic mass is 16.5. The van der Waals surface area contributed by atoms with Crippen molar-refractivity contribution in [3.05, 3.63) is 47.9 Å². The Balaban J connectivity index is 1.58. The van der Waals surface area contributed by atoms with E-state index in [-0.39, 0.29) is 11.8 Å². The van der Waals surface area contributed by atoms with Crippen LogP contribution in [-0.2, 0) is 6.54 Å². The van der Waals surface area contributed by atoms with Crippen LogP contribution in [0.15, 0.2) is 36.7 Å². The standard InChI is InChI=1S/C20H24N6O2/c1-2-28-16-6-4-3-5-15(16)20(27)25-11-7-14(13-25)17-18-19(23-10-9-22-18)26(24-17)12-8-21/h3-6,9-10,14H,2,7-8,11-13,21H2,1H3/t14-/m0/s1. The summed E-state index contributed by atoms with van der Waals surface area (Å²) in [6.45, 7) is 4.79. The van der Waals surface area contributed by atoms with E-state index >= 15 is 0 Å². The predicted octanol–water partition coefficient (Wildman–Crippen LogP) is 1.81. The second-order valence-corrected chi connectivity index (χ2v) is 6.79. The molecule has 3 aromatic rings. The van der Waals surface area contributed by atoms with Crippen LogP contribution in [0.1, 0.15) is 35.3 Å². The van der Waals surface area contributed by atoms with E-state index in [9.17, 15) is 4.79 Å². The van der Waals surface area contributed by atoms with Crippen molar-refractivity contribution in [1.82, 2.24) is 24.6 Å². The Kier molecular flexibility index (Phi) is 5.21. The van der Waals surface area contributed by atoms with E-state index in [0.29, 0.717) is 44.1 Å². The molecule has 0 bridgehead atoms. The maximum absolute atomic E-state index is 13.1. The van der Waals surface area contributed by atoms with Crippen LogP contribution in [0.25, 0.3) is 11.2 Å². The van der Waals surface area contributed by atoms with Crippen molar-refractivity contribution >= 4 is 17.1 Å². The molecule has 28 heavy (non-hydrogen) atoms. The maximum Gasteiger partial charge on any atom is 0.257 e. The number of aromatic nitrogens is 4. The largest absolute Gasteiger partial charge is 0.493 e. The summed E-state index contributed by atoms with van der Waals surface area (Å²) in [6.07, 6.45) is 4.18. The van der Waals surface area contributed by atoms with Crippen LogP contribution in [0, 0.1) is 0 Å². The Morgan fingerprint density at radius 2 is 2.11 bits per heavy atom. The molecular formula is C20H24N6O2. The third kappa shape index (κ3) is 3.31. The minimum Gasteiger partial charge on any atom is -0.493 e. The summed E-state index contributed by atoms with van der Waals surface area (Å²) in [7, 11) is 0. The van der Waals surface area contributed by atoms with Crippen LogP contribution in [0.2, 0.25) is 0 Å². The summed E-state index contributed by atoms with van der Waals surface area (Å²) in [5.74, 6) is 0.742. The van der Waals surface area contributed by atoms with Gasteiger partial charge in [0.15, 0.2) is 5.65 Å². The number of nitrogens with two attached hydrogens (primary N) is 1. The number of carbonyl (C=O) groups is 1. The Hall–Kier alpha value is -3.00. The summed E-state index contributed by atoms with van der Waals surface area (Å²) in [4.78, 5) is 23.8. The van der Waals surface area contributed by atoms with Gasteiger partial charge in [-0.1, -0.05) is 12.1 Å². The molecule has 1 atom stereocenters. The van der Waals surface area contributed by atoms with Gasteiger partial charge in [-0.15, -0.1) is 0 Å². The lowest BCUT2D eigenvalue weighted by molar-refractivity contribution is 0.0786. The predicted molar refractivity (Wildman–Crippen MR) is 105 cm³/mol. The van der Waals surface area contributed by atoms with Gasteiger partial charge in [0, 0.05) is 37.9 Å². The summed E-state index contributed by atoms with van der Waals surface area (Å²) in [6, 6.07) is 7.39. The van der Waals surface area contributed by atoms with Crippen molar-refractivity contribution in [3.63, 3.8) is 0 Å². The van der Waals surface area contributed by atoms with Gasteiger partial charge in [0.05, 0.1) is 24.4 Å². The topological polar surface area (TPSA) is 99.2 Å². The third-order valence-corrected chi connectivity index (χ3v) is 5.01. The van der Waals surface area contributed by atoms with E-state index in [2.05, 4.69) is 9.97 Å². The van der Waals surface area contributed by atoms with Gasteiger partial charge < -0.3 is 15.4 Å². The number of nitrogens with zero attached hydrogens (tertiary/aromatic N) is 5. The molecule has 8 heteroatoms. The fourth-order valence-corrected chi connectivity index (χ4v) is 3.74. The molecule has 8 nitrogen and oxygen atoms in total. The van der Waals surface area contributed by atoms with Gasteiger partial charge in [-0.3, -0.25) is 4.79 Å². The van der Waals surface area contributed by atoms with Crippen LogP contribution in [0.5, 0.6) is 5.75 Å². The normalized spacial score (nSPS) is 16.6. The number of carbonyl (C=O) groups excluding carboxylic acids is 1. The molecule has 2 N–H and O–H groups in total. The smallest absolute Gasteiger partial charge is 0.257 e. The van der Waals surface area contributed by atoms with Gasteiger partial charge in [-0.2, -0.15) is 5.10 Å². The van der Waals surface area contributed by atoms with E-state index in [1.165, 1.54) is 0 Å². The monoisotopic (exact) mass is 380 g/mol. The second-order valence-electron chi connectivity index (χ2n) is 6.79. The highest BCUT2D eigenvalue weighted by molar-refractivity contribution is 5.97. The van der Waals surface area contributed by atoms with E-state index in [1.807, 2.05) is 40.8 Å². The minimum absolute atomic E-state index is 0.0108. The summed E-state index contributed by atoms with van der Waals surface area (Å²) < 4.78 is 7.44. The average molecular weight is 380 g/mol. The number of likely N-dealkylation sites (tertiary alicyclic amines) is 1. The van der Waals surface area contributed by atoms with Gasteiger partial charge in [0.25, 0.3) is 5.91 Å². The van der Waals surface area contributed by atoms with Crippen molar-refractivity contribution in [2.24, 2.45) is 5.73 Å². The zero-order valence-corrected chi connectivity index (χ0v) is 15.9. The first-order chi connectivity index (χ1) is 13.7. The number of para-hydroxylation sites is 1. The Labute approximate surface area is 163 Å². The van der Waals surface area contributed by atoms with E-state index in [0.717, 1.165) is 23.3 Å². The lowest BCUT2D eigenvalue weighted by Crippen LogP contribution is -2.29. The fourth-order valence-electron chi connectivity index (χ4n) is 3.74. The molecule has 0 saturated carbocycles. The molecule has 1 fully saturated rings. The maximum atomic E-state index is 13.1. The lowest BCUT2D eigenvalue weighted by Gasteiger charge is -2.18. The van der Waals surface area contributed by atoms with E-state index < -0.39 is 0 Å². The molecule has 1 saturated heterocycles. The summed E-state index contributed by atoms with van der Waals surface area (Å²) in [5, 5.41) is 4.72. The highest BCUT2D eigenvalue weighted by Gasteiger charge is 2.32. The minimum atomic E-state index is -0.0108. The lowest BCUT2D eigenvalue weighted by atomic mass is 10.0. The Morgan fingerprint density at radius 3 is 2.93 bits per heavy atom. The van der Waals surface area contributed by atoms with Gasteiger partial charge in [-0.05, 0) is 25.5 Å². The molecule has 1 amide bonds. The van der Waals surface area contributed by atoms with Crippen molar-refractivity contribution < 1.29 is 9.53 Å². The quantitative estimate of drug-likeness (QED) is 0.700. The average Bonchev–Trinajstić information content (AvgIpc) is 3.34. The van der Waals surface area contributed by atoms with Crippen LogP contribution >= 0.6 is 0 Å². The molecule has 3 heterocycles. The summed E-state index contributed by atoms with van der Waals surface area (Å²) in [5.41, 5.74) is 8.74. The van der Waals surface area contributed by atoms with Gasteiger partial charge in [-0.25, -0.2) is 14.6 Å². The van der Waals surface area contributed by atoms with Crippen LogP contribution in [-0.4, -0.2) is 56.8 Å². The van der Waals surface area contributed by atoms with E-state index in [4.69, 9.17) is 15.6 Å². The molecule has 0 radical (unpaired) electrons. The fraction of sp³-hybridized carbons (Fsp3) is 0.400. The first-order valence-electron chi connectivity index (χ1n) is 9.61. The molecule has 0 aliphatic carbocycles. The summed E-state index contributed by atoms with van der Waals surface area (Å²) >= 11 is 0. The van der Waals surface area contributed by atoms with Crippen molar-refractivity contribution in [2.75, 3.05) is 26.2 Å². The second kappa shape index (κ2) is 7.93. The first-order valence-corrected chi connectivity index (χ1v) is 9.61. The van der Waals surface area contributed by atoms with Crippen molar-refractivity contribution in [2.45, 2.75) is 25.8 Å². The molecule has 1 aliphatic heterocycles. The molecule has 4 rings (SSSR count). The zero-order chi connectivity index (χ0) is 19.5.